The molecule has 7 nitrogen and oxygen atoms in total. The number of aliphatic carboxylic acids is 1. The van der Waals surface area contributed by atoms with E-state index in [-0.39, 0.29) is 17.0 Å². The molecule has 110 valence electrons. The molecule has 1 aromatic rings. The highest BCUT2D eigenvalue weighted by molar-refractivity contribution is 8.01. The second kappa shape index (κ2) is 5.66. The molecule has 1 unspecified atom stereocenters. The Bertz CT molecular complexity index is 622. The predicted octanol–water partition coefficient (Wildman–Crippen LogP) is 0.150. The number of carbonyl (C=O) groups excluding carboxylic acids is 1. The Morgan fingerprint density at radius 3 is 2.90 bits per heavy atom. The van der Waals surface area contributed by atoms with Gasteiger partial charge in [-0.25, -0.2) is 14.8 Å². The highest BCUT2D eigenvalue weighted by Crippen LogP contribution is 2.40. The molecule has 0 radical (unpaired) electrons. The van der Waals surface area contributed by atoms with Gasteiger partial charge in [0.2, 0.25) is 5.91 Å². The van der Waals surface area contributed by atoms with Crippen molar-refractivity contribution in [1.82, 2.24) is 14.9 Å². The van der Waals surface area contributed by atoms with Crippen molar-refractivity contribution in [3.05, 3.63) is 29.7 Å². The summed E-state index contributed by atoms with van der Waals surface area (Å²) in [7, 11) is 0. The number of carbonyl (C=O) groups is 2. The van der Waals surface area contributed by atoms with Crippen LogP contribution in [0.4, 0.5) is 0 Å². The fourth-order valence-electron chi connectivity index (χ4n) is 2.20. The van der Waals surface area contributed by atoms with Crippen LogP contribution >= 0.6 is 23.5 Å². The lowest BCUT2D eigenvalue weighted by Crippen LogP contribution is -2.68. The summed E-state index contributed by atoms with van der Waals surface area (Å²) in [5, 5.41) is 9.71. The molecule has 0 bridgehead atoms. The number of carboxylic acid groups (broad SMARTS) is 1. The van der Waals surface area contributed by atoms with Crippen molar-refractivity contribution < 1.29 is 14.7 Å². The van der Waals surface area contributed by atoms with Crippen LogP contribution in [0.1, 0.15) is 0 Å². The minimum Gasteiger partial charge on any atom is -0.477 e. The van der Waals surface area contributed by atoms with Gasteiger partial charge in [0.1, 0.15) is 17.1 Å². The minimum absolute atomic E-state index is 0.0638. The normalized spacial score (nSPS) is 24.6. The molecule has 3 N–H and O–H groups in total. The lowest BCUT2D eigenvalue weighted by atomic mass is 10.0. The van der Waals surface area contributed by atoms with E-state index < -0.39 is 12.0 Å². The summed E-state index contributed by atoms with van der Waals surface area (Å²) in [6.45, 7) is 0. The Balaban J connectivity index is 1.81. The molecular weight excluding hydrogens is 312 g/mol. The van der Waals surface area contributed by atoms with E-state index in [1.807, 2.05) is 0 Å². The second-order valence-electron chi connectivity index (χ2n) is 4.51. The number of nitrogens with zero attached hydrogens (tertiary/aromatic N) is 3. The van der Waals surface area contributed by atoms with Crippen molar-refractivity contribution >= 4 is 35.4 Å². The summed E-state index contributed by atoms with van der Waals surface area (Å²) in [5.41, 5.74) is 6.46. The zero-order valence-electron chi connectivity index (χ0n) is 10.8. The third-order valence-electron chi connectivity index (χ3n) is 3.21. The smallest absolute Gasteiger partial charge is 0.352 e. The van der Waals surface area contributed by atoms with E-state index in [1.165, 1.54) is 28.4 Å². The Hall–Kier alpha value is -1.58. The third kappa shape index (κ3) is 2.52. The van der Waals surface area contributed by atoms with Crippen LogP contribution in [0.25, 0.3) is 0 Å². The topological polar surface area (TPSA) is 109 Å². The highest BCUT2D eigenvalue weighted by Gasteiger charge is 2.51. The number of amides is 1. The Morgan fingerprint density at radius 1 is 1.52 bits per heavy atom. The molecule has 0 saturated carbocycles. The Labute approximate surface area is 129 Å². The molecule has 9 heteroatoms. The largest absolute Gasteiger partial charge is 0.477 e. The molecule has 3 heterocycles. The SMILES string of the molecule is NC1C(=O)N2C(C(=O)O)=C(CSc3ncccn3)CS[C@@H]12. The summed E-state index contributed by atoms with van der Waals surface area (Å²) in [6, 6.07) is 1.11. The van der Waals surface area contributed by atoms with E-state index in [4.69, 9.17) is 5.73 Å². The van der Waals surface area contributed by atoms with Gasteiger partial charge in [-0.15, -0.1) is 11.8 Å². The maximum Gasteiger partial charge on any atom is 0.352 e. The first-order valence-corrected chi connectivity index (χ1v) is 8.18. The van der Waals surface area contributed by atoms with E-state index in [0.29, 0.717) is 22.2 Å². The Morgan fingerprint density at radius 2 is 2.24 bits per heavy atom. The van der Waals surface area contributed by atoms with Crippen LogP contribution in [0.2, 0.25) is 0 Å². The fraction of sp³-hybridized carbons (Fsp3) is 0.333. The van der Waals surface area contributed by atoms with Gasteiger partial charge in [-0.05, 0) is 11.6 Å². The van der Waals surface area contributed by atoms with Gasteiger partial charge in [0.05, 0.1) is 0 Å². The molecule has 1 amide bonds. The first-order valence-electron chi connectivity index (χ1n) is 6.15. The molecule has 2 aliphatic heterocycles. The van der Waals surface area contributed by atoms with Crippen molar-refractivity contribution in [3.8, 4) is 0 Å². The summed E-state index contributed by atoms with van der Waals surface area (Å²) >= 11 is 2.85. The van der Waals surface area contributed by atoms with Gasteiger partial charge in [0.25, 0.3) is 0 Å². The highest BCUT2D eigenvalue weighted by atomic mass is 32.2. The van der Waals surface area contributed by atoms with Crippen LogP contribution < -0.4 is 5.73 Å². The van der Waals surface area contributed by atoms with Crippen molar-refractivity contribution in [3.63, 3.8) is 0 Å². The maximum absolute atomic E-state index is 11.8. The van der Waals surface area contributed by atoms with Gasteiger partial charge in [-0.2, -0.15) is 0 Å². The lowest BCUT2D eigenvalue weighted by molar-refractivity contribution is -0.147. The number of carboxylic acids is 1. The molecule has 21 heavy (non-hydrogen) atoms. The molecule has 0 aromatic carbocycles. The summed E-state index contributed by atoms with van der Waals surface area (Å²) < 4.78 is 0. The molecule has 2 atom stereocenters. The molecule has 1 aromatic heterocycles. The Kier molecular flexibility index (Phi) is 3.87. The van der Waals surface area contributed by atoms with E-state index in [1.54, 1.807) is 18.5 Å². The lowest BCUT2D eigenvalue weighted by Gasteiger charge is -2.48. The molecule has 1 fully saturated rings. The van der Waals surface area contributed by atoms with E-state index in [2.05, 4.69) is 9.97 Å². The zero-order valence-corrected chi connectivity index (χ0v) is 12.4. The zero-order chi connectivity index (χ0) is 15.0. The maximum atomic E-state index is 11.8. The van der Waals surface area contributed by atoms with Crippen LogP contribution in [0.5, 0.6) is 0 Å². The predicted molar refractivity (Wildman–Crippen MR) is 78.5 cm³/mol. The number of nitrogens with two attached hydrogens (primary N) is 1. The van der Waals surface area contributed by atoms with Crippen molar-refractivity contribution in [2.45, 2.75) is 16.6 Å². The van der Waals surface area contributed by atoms with E-state index >= 15 is 0 Å². The van der Waals surface area contributed by atoms with Crippen LogP contribution in [0.3, 0.4) is 0 Å². The van der Waals surface area contributed by atoms with E-state index in [9.17, 15) is 14.7 Å². The third-order valence-corrected chi connectivity index (χ3v) is 5.53. The molecule has 0 spiro atoms. The van der Waals surface area contributed by atoms with Crippen molar-refractivity contribution in [2.24, 2.45) is 5.73 Å². The summed E-state index contributed by atoms with van der Waals surface area (Å²) in [6.07, 6.45) is 3.26. The summed E-state index contributed by atoms with van der Waals surface area (Å²) in [5.74, 6) is -0.443. The number of hydrogen-bond acceptors (Lipinski definition) is 7. The molecular formula is C12H12N4O3S2. The fourth-order valence-corrected chi connectivity index (χ4v) is 4.44. The van der Waals surface area contributed by atoms with Crippen molar-refractivity contribution in [1.29, 1.82) is 0 Å². The second-order valence-corrected chi connectivity index (χ2v) is 6.56. The molecule has 3 rings (SSSR count). The number of β-lactam (4-membered cyclic amide) rings is 1. The molecule has 1 saturated heterocycles. The number of hydrogen-bond donors (Lipinski definition) is 2. The number of thioether (sulfide) groups is 2. The van der Waals surface area contributed by atoms with Crippen LogP contribution in [0, 0.1) is 0 Å². The number of fused-ring (bicyclic) bond motifs is 1. The quantitative estimate of drug-likeness (QED) is 0.457. The van der Waals surface area contributed by atoms with Gasteiger partial charge in [-0.3, -0.25) is 9.69 Å². The first kappa shape index (κ1) is 14.4. The number of rotatable bonds is 4. The van der Waals surface area contributed by atoms with Gasteiger partial charge in [0.15, 0.2) is 5.16 Å². The monoisotopic (exact) mass is 324 g/mol. The van der Waals surface area contributed by atoms with Gasteiger partial charge in [-0.1, -0.05) is 11.8 Å². The van der Waals surface area contributed by atoms with Crippen LogP contribution in [-0.4, -0.2) is 54.8 Å². The average Bonchev–Trinajstić information content (AvgIpc) is 2.52. The average molecular weight is 324 g/mol. The van der Waals surface area contributed by atoms with Gasteiger partial charge >= 0.3 is 5.97 Å². The summed E-state index contributed by atoms with van der Waals surface area (Å²) in [4.78, 5) is 32.7. The first-order chi connectivity index (χ1) is 10.1. The van der Waals surface area contributed by atoms with Crippen LogP contribution in [-0.2, 0) is 9.59 Å². The molecule has 0 aliphatic carbocycles. The van der Waals surface area contributed by atoms with Crippen LogP contribution in [0.15, 0.2) is 34.9 Å². The standard InChI is InChI=1S/C12H12N4O3S2/c13-7-9(17)16-8(11(18)19)6(4-20-10(7)16)5-21-12-14-2-1-3-15-12/h1-3,7,10H,4-5,13H2,(H,18,19)/t7?,10-/m0/s1. The van der Waals surface area contributed by atoms with Gasteiger partial charge < -0.3 is 10.8 Å². The minimum atomic E-state index is -1.09. The van der Waals surface area contributed by atoms with Crippen molar-refractivity contribution in [2.75, 3.05) is 11.5 Å². The molecule has 2 aliphatic rings. The van der Waals surface area contributed by atoms with E-state index in [0.717, 1.165) is 0 Å². The number of aromatic nitrogens is 2. The van der Waals surface area contributed by atoms with Gasteiger partial charge in [0, 0.05) is 23.9 Å².